The monoisotopic (exact) mass is 352 g/mol. The van der Waals surface area contributed by atoms with Crippen LogP contribution in [0, 0.1) is 5.92 Å². The number of nitrogens with zero attached hydrogens (tertiary/aromatic N) is 6. The molecule has 1 aliphatic heterocycles. The van der Waals surface area contributed by atoms with Gasteiger partial charge in [0.1, 0.15) is 11.4 Å². The molecular formula is C18H20N6O2. The SMILES string of the molecule is Cn1nccc1C(=O)N1CCCC(Cc2noc(-c3ccccn3)n2)C1. The van der Waals surface area contributed by atoms with Gasteiger partial charge in [-0.25, -0.2) is 0 Å². The van der Waals surface area contributed by atoms with Gasteiger partial charge in [0.2, 0.25) is 0 Å². The molecule has 1 aliphatic rings. The molecule has 4 rings (SSSR count). The second-order valence-corrected chi connectivity index (χ2v) is 6.53. The van der Waals surface area contributed by atoms with E-state index >= 15 is 0 Å². The third-order valence-electron chi connectivity index (χ3n) is 4.67. The number of hydrogen-bond acceptors (Lipinski definition) is 6. The number of amides is 1. The van der Waals surface area contributed by atoms with Crippen LogP contribution in [0.4, 0.5) is 0 Å². The third kappa shape index (κ3) is 3.35. The Balaban J connectivity index is 1.42. The molecule has 0 bridgehead atoms. The summed E-state index contributed by atoms with van der Waals surface area (Å²) in [4.78, 5) is 23.2. The summed E-state index contributed by atoms with van der Waals surface area (Å²) in [5, 5.41) is 8.16. The van der Waals surface area contributed by atoms with Gasteiger partial charge in [-0.3, -0.25) is 14.5 Å². The van der Waals surface area contributed by atoms with Crippen LogP contribution >= 0.6 is 0 Å². The molecule has 1 saturated heterocycles. The second-order valence-electron chi connectivity index (χ2n) is 6.53. The van der Waals surface area contributed by atoms with E-state index in [1.165, 1.54) is 0 Å². The molecule has 1 amide bonds. The number of aromatic nitrogens is 5. The third-order valence-corrected chi connectivity index (χ3v) is 4.67. The van der Waals surface area contributed by atoms with Gasteiger partial charge in [-0.05, 0) is 37.0 Å². The minimum Gasteiger partial charge on any atom is -0.337 e. The van der Waals surface area contributed by atoms with Crippen molar-refractivity contribution < 1.29 is 9.32 Å². The highest BCUT2D eigenvalue weighted by Crippen LogP contribution is 2.22. The molecule has 4 heterocycles. The number of hydrogen-bond donors (Lipinski definition) is 0. The summed E-state index contributed by atoms with van der Waals surface area (Å²) in [6, 6.07) is 7.32. The largest absolute Gasteiger partial charge is 0.337 e. The number of carbonyl (C=O) groups excluding carboxylic acids is 1. The maximum atomic E-state index is 12.7. The lowest BCUT2D eigenvalue weighted by molar-refractivity contribution is 0.0660. The van der Waals surface area contributed by atoms with Crippen molar-refractivity contribution >= 4 is 5.91 Å². The molecule has 8 nitrogen and oxygen atoms in total. The number of rotatable bonds is 4. The molecular weight excluding hydrogens is 332 g/mol. The average Bonchev–Trinajstić information content (AvgIpc) is 3.31. The van der Waals surface area contributed by atoms with E-state index in [9.17, 15) is 4.79 Å². The van der Waals surface area contributed by atoms with E-state index in [2.05, 4.69) is 20.2 Å². The van der Waals surface area contributed by atoms with Gasteiger partial charge < -0.3 is 9.42 Å². The summed E-state index contributed by atoms with van der Waals surface area (Å²) in [6.45, 7) is 1.46. The van der Waals surface area contributed by atoms with Crippen LogP contribution in [0.2, 0.25) is 0 Å². The first kappa shape index (κ1) is 16.4. The van der Waals surface area contributed by atoms with Crippen LogP contribution in [-0.2, 0) is 13.5 Å². The van der Waals surface area contributed by atoms with Crippen molar-refractivity contribution in [2.45, 2.75) is 19.3 Å². The van der Waals surface area contributed by atoms with E-state index in [0.29, 0.717) is 42.0 Å². The number of carbonyl (C=O) groups is 1. The van der Waals surface area contributed by atoms with Crippen molar-refractivity contribution in [3.05, 3.63) is 48.2 Å². The quantitative estimate of drug-likeness (QED) is 0.713. The lowest BCUT2D eigenvalue weighted by Crippen LogP contribution is -2.41. The molecule has 3 aromatic rings. The van der Waals surface area contributed by atoms with Crippen LogP contribution in [0.5, 0.6) is 0 Å². The molecule has 1 unspecified atom stereocenters. The predicted molar refractivity (Wildman–Crippen MR) is 93.1 cm³/mol. The van der Waals surface area contributed by atoms with Gasteiger partial charge >= 0.3 is 0 Å². The van der Waals surface area contributed by atoms with Crippen molar-refractivity contribution in [2.24, 2.45) is 13.0 Å². The van der Waals surface area contributed by atoms with Crippen molar-refractivity contribution in [1.29, 1.82) is 0 Å². The van der Waals surface area contributed by atoms with Crippen LogP contribution in [0.3, 0.4) is 0 Å². The highest BCUT2D eigenvalue weighted by molar-refractivity contribution is 5.92. The van der Waals surface area contributed by atoms with Gasteiger partial charge in [0, 0.05) is 39.0 Å². The fraction of sp³-hybridized carbons (Fsp3) is 0.389. The summed E-state index contributed by atoms with van der Waals surface area (Å²) in [5.41, 5.74) is 1.28. The second kappa shape index (κ2) is 7.07. The molecule has 8 heteroatoms. The maximum Gasteiger partial charge on any atom is 0.276 e. The Kier molecular flexibility index (Phi) is 4.47. The fourth-order valence-electron chi connectivity index (χ4n) is 3.35. The minimum absolute atomic E-state index is 0.0250. The normalized spacial score (nSPS) is 17.4. The van der Waals surface area contributed by atoms with Crippen LogP contribution in [0.1, 0.15) is 29.2 Å². The van der Waals surface area contributed by atoms with Gasteiger partial charge in [-0.1, -0.05) is 11.2 Å². The van der Waals surface area contributed by atoms with Crippen molar-refractivity contribution in [3.8, 4) is 11.6 Å². The standard InChI is InChI=1S/C18H20N6O2/c1-23-15(7-9-20-23)18(25)24-10-4-5-13(12-24)11-16-21-17(26-22-16)14-6-2-3-8-19-14/h2-3,6-9,13H,4-5,10-12H2,1H3. The number of likely N-dealkylation sites (tertiary alicyclic amines) is 1. The first-order valence-corrected chi connectivity index (χ1v) is 8.72. The van der Waals surface area contributed by atoms with Gasteiger partial charge in [0.15, 0.2) is 5.82 Å². The molecule has 134 valence electrons. The topological polar surface area (TPSA) is 89.9 Å². The Morgan fingerprint density at radius 1 is 1.31 bits per heavy atom. The average molecular weight is 352 g/mol. The molecule has 26 heavy (non-hydrogen) atoms. The molecule has 0 spiro atoms. The van der Waals surface area contributed by atoms with Gasteiger partial charge in [0.25, 0.3) is 11.8 Å². The Morgan fingerprint density at radius 3 is 3.00 bits per heavy atom. The lowest BCUT2D eigenvalue weighted by Gasteiger charge is -2.32. The van der Waals surface area contributed by atoms with Crippen molar-refractivity contribution in [3.63, 3.8) is 0 Å². The maximum absolute atomic E-state index is 12.7. The Morgan fingerprint density at radius 2 is 2.23 bits per heavy atom. The van der Waals surface area contributed by atoms with Gasteiger partial charge in [-0.15, -0.1) is 0 Å². The summed E-state index contributed by atoms with van der Waals surface area (Å²) in [7, 11) is 1.78. The smallest absolute Gasteiger partial charge is 0.276 e. The molecule has 0 aromatic carbocycles. The van der Waals surface area contributed by atoms with Crippen LogP contribution < -0.4 is 0 Å². The van der Waals surface area contributed by atoms with Gasteiger partial charge in [0.05, 0.1) is 0 Å². The van der Waals surface area contributed by atoms with E-state index in [1.807, 2.05) is 23.1 Å². The predicted octanol–water partition coefficient (Wildman–Crippen LogP) is 1.96. The van der Waals surface area contributed by atoms with E-state index in [0.717, 1.165) is 19.4 Å². The molecule has 3 aromatic heterocycles. The highest BCUT2D eigenvalue weighted by atomic mass is 16.5. The van der Waals surface area contributed by atoms with Crippen LogP contribution in [-0.4, -0.2) is 48.8 Å². The zero-order valence-corrected chi connectivity index (χ0v) is 14.6. The fourth-order valence-corrected chi connectivity index (χ4v) is 3.35. The summed E-state index contributed by atoms with van der Waals surface area (Å²) in [6.07, 6.45) is 6.04. The summed E-state index contributed by atoms with van der Waals surface area (Å²) < 4.78 is 6.94. The van der Waals surface area contributed by atoms with E-state index in [-0.39, 0.29) is 5.91 Å². The Bertz CT molecular complexity index is 888. The molecule has 0 N–H and O–H groups in total. The molecule has 0 aliphatic carbocycles. The number of aryl methyl sites for hydroxylation is 1. The molecule has 1 fully saturated rings. The number of pyridine rings is 1. The zero-order valence-electron chi connectivity index (χ0n) is 14.6. The Hall–Kier alpha value is -3.03. The molecule has 0 saturated carbocycles. The van der Waals surface area contributed by atoms with E-state index in [1.54, 1.807) is 30.2 Å². The zero-order chi connectivity index (χ0) is 17.9. The summed E-state index contributed by atoms with van der Waals surface area (Å²) >= 11 is 0. The lowest BCUT2D eigenvalue weighted by atomic mass is 9.94. The highest BCUT2D eigenvalue weighted by Gasteiger charge is 2.27. The Labute approximate surface area is 150 Å². The molecule has 1 atom stereocenters. The van der Waals surface area contributed by atoms with Gasteiger partial charge in [-0.2, -0.15) is 10.1 Å². The van der Waals surface area contributed by atoms with Crippen LogP contribution in [0.25, 0.3) is 11.6 Å². The van der Waals surface area contributed by atoms with Crippen molar-refractivity contribution in [2.75, 3.05) is 13.1 Å². The number of piperidine rings is 1. The first-order chi connectivity index (χ1) is 12.7. The minimum atomic E-state index is 0.0250. The molecule has 0 radical (unpaired) electrons. The van der Waals surface area contributed by atoms with E-state index < -0.39 is 0 Å². The summed E-state index contributed by atoms with van der Waals surface area (Å²) in [5.74, 6) is 1.43. The van der Waals surface area contributed by atoms with Crippen LogP contribution in [0.15, 0.2) is 41.2 Å². The van der Waals surface area contributed by atoms with E-state index in [4.69, 9.17) is 4.52 Å². The first-order valence-electron chi connectivity index (χ1n) is 8.72. The van der Waals surface area contributed by atoms with Crippen molar-refractivity contribution in [1.82, 2.24) is 29.8 Å².